The summed E-state index contributed by atoms with van der Waals surface area (Å²) in [7, 11) is 0. The maximum absolute atomic E-state index is 12.4. The first-order valence-electron chi connectivity index (χ1n) is 8.26. The predicted octanol–water partition coefficient (Wildman–Crippen LogP) is 2.88. The van der Waals surface area contributed by atoms with E-state index in [0.717, 1.165) is 34.1 Å². The van der Waals surface area contributed by atoms with Gasteiger partial charge >= 0.3 is 0 Å². The van der Waals surface area contributed by atoms with Crippen LogP contribution in [0.25, 0.3) is 5.65 Å². The normalized spacial score (nSPS) is 10.7. The summed E-state index contributed by atoms with van der Waals surface area (Å²) in [5.41, 5.74) is 4.63. The standard InChI is InChI=1S/C19H19N5OS/c1-13-9-18-22-11-17(14(2)24(18)23-13)19(25)21-7-8-26-12-16-6-4-3-5-15(16)10-20/h3-6,9,11H,7-8,12H2,1-2H3,(H,21,25). The molecule has 0 aliphatic heterocycles. The van der Waals surface area contributed by atoms with Crippen LogP contribution in [0.3, 0.4) is 0 Å². The highest BCUT2D eigenvalue weighted by Crippen LogP contribution is 2.16. The summed E-state index contributed by atoms with van der Waals surface area (Å²) in [6.07, 6.45) is 1.59. The monoisotopic (exact) mass is 365 g/mol. The third-order valence-corrected chi connectivity index (χ3v) is 5.03. The van der Waals surface area contributed by atoms with Gasteiger partial charge in [-0.15, -0.1) is 0 Å². The number of aryl methyl sites for hydroxylation is 2. The summed E-state index contributed by atoms with van der Waals surface area (Å²) in [5, 5.41) is 16.4. The zero-order chi connectivity index (χ0) is 18.5. The maximum atomic E-state index is 12.4. The first kappa shape index (κ1) is 18.0. The third-order valence-electron chi connectivity index (χ3n) is 4.02. The van der Waals surface area contributed by atoms with E-state index in [9.17, 15) is 4.79 Å². The Kier molecular flexibility index (Phi) is 5.54. The molecule has 0 bridgehead atoms. The van der Waals surface area contributed by atoms with Gasteiger partial charge in [0.2, 0.25) is 0 Å². The second kappa shape index (κ2) is 8.02. The SMILES string of the molecule is Cc1cc2ncc(C(=O)NCCSCc3ccccc3C#N)c(C)n2n1. The van der Waals surface area contributed by atoms with Crippen molar-refractivity contribution in [2.75, 3.05) is 12.3 Å². The van der Waals surface area contributed by atoms with Gasteiger partial charge in [0, 0.05) is 30.3 Å². The van der Waals surface area contributed by atoms with Crippen LogP contribution in [0.4, 0.5) is 0 Å². The molecule has 0 aliphatic carbocycles. The quantitative estimate of drug-likeness (QED) is 0.679. The Morgan fingerprint density at radius 3 is 2.96 bits per heavy atom. The number of nitrogens with zero attached hydrogens (tertiary/aromatic N) is 4. The number of fused-ring (bicyclic) bond motifs is 1. The van der Waals surface area contributed by atoms with Crippen molar-refractivity contribution in [3.8, 4) is 6.07 Å². The van der Waals surface area contributed by atoms with Gasteiger partial charge in [-0.1, -0.05) is 18.2 Å². The van der Waals surface area contributed by atoms with Crippen LogP contribution in [0.2, 0.25) is 0 Å². The molecule has 2 aromatic heterocycles. The average Bonchev–Trinajstić information content (AvgIpc) is 3.03. The Morgan fingerprint density at radius 1 is 1.35 bits per heavy atom. The van der Waals surface area contributed by atoms with Crippen LogP contribution in [-0.4, -0.2) is 32.8 Å². The van der Waals surface area contributed by atoms with Gasteiger partial charge in [0.05, 0.1) is 28.6 Å². The summed E-state index contributed by atoms with van der Waals surface area (Å²) in [6.45, 7) is 4.31. The van der Waals surface area contributed by atoms with Gasteiger partial charge in [-0.3, -0.25) is 4.79 Å². The van der Waals surface area contributed by atoms with E-state index >= 15 is 0 Å². The van der Waals surface area contributed by atoms with E-state index in [1.54, 1.807) is 22.5 Å². The van der Waals surface area contributed by atoms with Crippen molar-refractivity contribution in [3.05, 3.63) is 64.6 Å². The van der Waals surface area contributed by atoms with Gasteiger partial charge in [-0.05, 0) is 25.5 Å². The second-order valence-electron chi connectivity index (χ2n) is 5.89. The molecule has 1 N–H and O–H groups in total. The molecule has 7 heteroatoms. The van der Waals surface area contributed by atoms with E-state index < -0.39 is 0 Å². The first-order valence-corrected chi connectivity index (χ1v) is 9.41. The molecule has 0 saturated carbocycles. The van der Waals surface area contributed by atoms with Gasteiger partial charge in [0.25, 0.3) is 5.91 Å². The predicted molar refractivity (Wildman–Crippen MR) is 102 cm³/mol. The number of nitrogens with one attached hydrogen (secondary N) is 1. The highest BCUT2D eigenvalue weighted by molar-refractivity contribution is 7.98. The molecule has 2 heterocycles. The lowest BCUT2D eigenvalue weighted by molar-refractivity contribution is 0.0954. The number of nitriles is 1. The average molecular weight is 365 g/mol. The number of benzene rings is 1. The van der Waals surface area contributed by atoms with Crippen molar-refractivity contribution in [3.63, 3.8) is 0 Å². The first-order chi connectivity index (χ1) is 12.6. The van der Waals surface area contributed by atoms with Crippen LogP contribution in [-0.2, 0) is 5.75 Å². The van der Waals surface area contributed by atoms with Crippen LogP contribution in [0, 0.1) is 25.2 Å². The van der Waals surface area contributed by atoms with E-state index in [1.165, 1.54) is 0 Å². The van der Waals surface area contributed by atoms with Gasteiger partial charge < -0.3 is 5.32 Å². The van der Waals surface area contributed by atoms with E-state index in [-0.39, 0.29) is 5.91 Å². The summed E-state index contributed by atoms with van der Waals surface area (Å²) in [6, 6.07) is 11.7. The Morgan fingerprint density at radius 2 is 2.15 bits per heavy atom. The summed E-state index contributed by atoms with van der Waals surface area (Å²) < 4.78 is 1.69. The van der Waals surface area contributed by atoms with E-state index in [0.29, 0.717) is 17.7 Å². The topological polar surface area (TPSA) is 83.1 Å². The summed E-state index contributed by atoms with van der Waals surface area (Å²) >= 11 is 1.68. The highest BCUT2D eigenvalue weighted by atomic mass is 32.2. The van der Waals surface area contributed by atoms with E-state index in [1.807, 2.05) is 44.2 Å². The number of rotatable bonds is 6. The molecule has 0 saturated heterocycles. The number of hydrogen-bond donors (Lipinski definition) is 1. The summed E-state index contributed by atoms with van der Waals surface area (Å²) in [4.78, 5) is 16.7. The minimum Gasteiger partial charge on any atom is -0.351 e. The van der Waals surface area contributed by atoms with Crippen molar-refractivity contribution < 1.29 is 4.79 Å². The van der Waals surface area contributed by atoms with Gasteiger partial charge in [-0.2, -0.15) is 22.1 Å². The fourth-order valence-electron chi connectivity index (χ4n) is 2.66. The molecular weight excluding hydrogens is 346 g/mol. The fourth-order valence-corrected chi connectivity index (χ4v) is 3.52. The molecule has 0 radical (unpaired) electrons. The van der Waals surface area contributed by atoms with Crippen LogP contribution in [0.15, 0.2) is 36.5 Å². The molecule has 132 valence electrons. The molecular formula is C19H19N5OS. The summed E-state index contributed by atoms with van der Waals surface area (Å²) in [5.74, 6) is 1.36. The number of carbonyl (C=O) groups excluding carboxylic acids is 1. The Hall–Kier alpha value is -2.85. The van der Waals surface area contributed by atoms with Crippen molar-refractivity contribution in [1.29, 1.82) is 5.26 Å². The molecule has 0 fully saturated rings. The lowest BCUT2D eigenvalue weighted by atomic mass is 10.1. The highest BCUT2D eigenvalue weighted by Gasteiger charge is 2.13. The number of aromatic nitrogens is 3. The van der Waals surface area contributed by atoms with Crippen LogP contribution >= 0.6 is 11.8 Å². The van der Waals surface area contributed by atoms with Gasteiger partial charge in [0.15, 0.2) is 5.65 Å². The fraction of sp³-hybridized carbons (Fsp3) is 0.263. The smallest absolute Gasteiger partial charge is 0.254 e. The van der Waals surface area contributed by atoms with Crippen LogP contribution in [0.1, 0.15) is 32.9 Å². The molecule has 26 heavy (non-hydrogen) atoms. The maximum Gasteiger partial charge on any atom is 0.254 e. The number of thioether (sulfide) groups is 1. The van der Waals surface area contributed by atoms with Crippen LogP contribution < -0.4 is 5.32 Å². The second-order valence-corrected chi connectivity index (χ2v) is 7.00. The zero-order valence-corrected chi connectivity index (χ0v) is 15.5. The van der Waals surface area contributed by atoms with Crippen molar-refractivity contribution in [1.82, 2.24) is 19.9 Å². The van der Waals surface area contributed by atoms with Crippen molar-refractivity contribution in [2.45, 2.75) is 19.6 Å². The Bertz CT molecular complexity index is 989. The van der Waals surface area contributed by atoms with Crippen molar-refractivity contribution in [2.24, 2.45) is 0 Å². The number of hydrogen-bond acceptors (Lipinski definition) is 5. The largest absolute Gasteiger partial charge is 0.351 e. The van der Waals surface area contributed by atoms with Crippen molar-refractivity contribution >= 4 is 23.3 Å². The molecule has 1 aromatic carbocycles. The Balaban J connectivity index is 1.53. The minimum atomic E-state index is -0.150. The number of carbonyl (C=O) groups is 1. The molecule has 1 amide bonds. The molecule has 6 nitrogen and oxygen atoms in total. The molecule has 3 rings (SSSR count). The lowest BCUT2D eigenvalue weighted by Gasteiger charge is -2.09. The Labute approximate surface area is 156 Å². The zero-order valence-electron chi connectivity index (χ0n) is 14.7. The molecule has 0 aliphatic rings. The van der Waals surface area contributed by atoms with E-state index in [4.69, 9.17) is 5.26 Å². The lowest BCUT2D eigenvalue weighted by Crippen LogP contribution is -2.27. The van der Waals surface area contributed by atoms with E-state index in [2.05, 4.69) is 21.5 Å². The number of amides is 1. The van der Waals surface area contributed by atoms with Gasteiger partial charge in [-0.25, -0.2) is 9.50 Å². The molecule has 3 aromatic rings. The molecule has 0 unspecified atom stereocenters. The minimum absolute atomic E-state index is 0.150. The molecule has 0 atom stereocenters. The molecule has 0 spiro atoms. The van der Waals surface area contributed by atoms with Crippen LogP contribution in [0.5, 0.6) is 0 Å². The third kappa shape index (κ3) is 3.86. The van der Waals surface area contributed by atoms with Gasteiger partial charge in [0.1, 0.15) is 0 Å².